The Labute approximate surface area is 82.8 Å². The van der Waals surface area contributed by atoms with Crippen molar-refractivity contribution in [2.45, 2.75) is 38.8 Å². The third kappa shape index (κ3) is 2.61. The van der Waals surface area contributed by atoms with Gasteiger partial charge in [-0.25, -0.2) is 9.59 Å². The molecule has 0 aromatic heterocycles. The van der Waals surface area contributed by atoms with Gasteiger partial charge in [0.05, 0.1) is 0 Å². The summed E-state index contributed by atoms with van der Waals surface area (Å²) < 4.78 is 9.58. The highest BCUT2D eigenvalue weighted by Crippen LogP contribution is 2.14. The van der Waals surface area contributed by atoms with E-state index in [-0.39, 0.29) is 6.61 Å². The molecule has 5 heteroatoms. The van der Waals surface area contributed by atoms with Crippen molar-refractivity contribution in [2.24, 2.45) is 0 Å². The molecule has 0 aromatic rings. The van der Waals surface area contributed by atoms with Gasteiger partial charge in [0.15, 0.2) is 6.04 Å². The van der Waals surface area contributed by atoms with Crippen molar-refractivity contribution in [3.63, 3.8) is 0 Å². The fraction of sp³-hybridized carbons (Fsp3) is 0.778. The lowest BCUT2D eigenvalue weighted by atomic mass is 10.1. The summed E-state index contributed by atoms with van der Waals surface area (Å²) in [6, 6.07) is -0.532. The number of hydrogen-bond donors (Lipinski definition) is 1. The third-order valence-corrected chi connectivity index (χ3v) is 2.19. The molecule has 0 unspecified atom stereocenters. The number of esters is 1. The number of amides is 1. The number of carbonyl (C=O) groups is 2. The number of alkyl carbamates (subject to hydrolysis) is 1. The van der Waals surface area contributed by atoms with Crippen LogP contribution in [0.4, 0.5) is 4.79 Å². The molecule has 1 saturated heterocycles. The van der Waals surface area contributed by atoms with Gasteiger partial charge in [0.2, 0.25) is 0 Å². The summed E-state index contributed by atoms with van der Waals surface area (Å²) in [7, 11) is 0. The summed E-state index contributed by atoms with van der Waals surface area (Å²) in [5.41, 5.74) is -0.502. The zero-order valence-corrected chi connectivity index (χ0v) is 8.62. The summed E-state index contributed by atoms with van der Waals surface area (Å²) in [4.78, 5) is 21.9. The second-order valence-electron chi connectivity index (χ2n) is 3.83. The maximum absolute atomic E-state index is 11.2. The number of ether oxygens (including phenoxy) is 2. The average Bonchev–Trinajstić information content (AvgIpc) is 2.11. The fourth-order valence-corrected chi connectivity index (χ4v) is 0.830. The summed E-state index contributed by atoms with van der Waals surface area (Å²) in [5.74, 6) is -0.406. The van der Waals surface area contributed by atoms with Crippen LogP contribution in [0.5, 0.6) is 0 Å². The summed E-state index contributed by atoms with van der Waals surface area (Å²) in [5, 5.41) is 2.42. The standard InChI is InChI=1S/C9H15NO4/c1-4-9(2,3)14-8(12)10-6-5-13-7(6)11/h6H,4-5H2,1-3H3,(H,10,12)/t6-/m0/s1. The van der Waals surface area contributed by atoms with Crippen LogP contribution >= 0.6 is 0 Å². The van der Waals surface area contributed by atoms with Crippen molar-refractivity contribution >= 4 is 12.1 Å². The minimum absolute atomic E-state index is 0.237. The Bertz CT molecular complexity index is 249. The molecular formula is C9H15NO4. The van der Waals surface area contributed by atoms with Crippen LogP contribution in [0.3, 0.4) is 0 Å². The molecule has 1 aliphatic rings. The van der Waals surface area contributed by atoms with Crippen LogP contribution < -0.4 is 5.32 Å². The highest BCUT2D eigenvalue weighted by Gasteiger charge is 2.33. The lowest BCUT2D eigenvalue weighted by Crippen LogP contribution is -2.54. The molecule has 0 spiro atoms. The Morgan fingerprint density at radius 2 is 2.36 bits per heavy atom. The molecule has 0 aromatic carbocycles. The largest absolute Gasteiger partial charge is 0.461 e. The average molecular weight is 201 g/mol. The van der Waals surface area contributed by atoms with Crippen LogP contribution in [-0.4, -0.2) is 30.3 Å². The Morgan fingerprint density at radius 3 is 2.71 bits per heavy atom. The first-order valence-electron chi connectivity index (χ1n) is 4.61. The van der Waals surface area contributed by atoms with E-state index < -0.39 is 23.7 Å². The van der Waals surface area contributed by atoms with Crippen molar-refractivity contribution in [1.82, 2.24) is 5.32 Å². The monoisotopic (exact) mass is 201 g/mol. The first kappa shape index (κ1) is 10.8. The van der Waals surface area contributed by atoms with Gasteiger partial charge in [-0.2, -0.15) is 0 Å². The molecule has 1 atom stereocenters. The molecule has 1 amide bonds. The highest BCUT2D eigenvalue weighted by atomic mass is 16.6. The molecule has 80 valence electrons. The van der Waals surface area contributed by atoms with E-state index in [1.54, 1.807) is 0 Å². The van der Waals surface area contributed by atoms with Gasteiger partial charge in [-0.1, -0.05) is 6.92 Å². The zero-order valence-electron chi connectivity index (χ0n) is 8.62. The minimum Gasteiger partial charge on any atom is -0.461 e. The lowest BCUT2D eigenvalue weighted by Gasteiger charge is -2.28. The van der Waals surface area contributed by atoms with Crippen LogP contribution in [0, 0.1) is 0 Å². The van der Waals surface area contributed by atoms with Gasteiger partial charge in [-0.15, -0.1) is 0 Å². The van der Waals surface area contributed by atoms with Crippen LogP contribution in [0.25, 0.3) is 0 Å². The first-order valence-corrected chi connectivity index (χ1v) is 4.61. The summed E-state index contributed by atoms with van der Waals surface area (Å²) >= 11 is 0. The summed E-state index contributed by atoms with van der Waals surface area (Å²) in [6.07, 6.45) is 0.147. The Morgan fingerprint density at radius 1 is 1.71 bits per heavy atom. The molecule has 1 rings (SSSR count). The molecule has 0 bridgehead atoms. The molecule has 14 heavy (non-hydrogen) atoms. The van der Waals surface area contributed by atoms with E-state index >= 15 is 0 Å². The van der Waals surface area contributed by atoms with Gasteiger partial charge in [0.1, 0.15) is 12.2 Å². The van der Waals surface area contributed by atoms with Crippen molar-refractivity contribution in [3.05, 3.63) is 0 Å². The molecule has 0 aliphatic carbocycles. The zero-order chi connectivity index (χ0) is 10.8. The highest BCUT2D eigenvalue weighted by molar-refractivity contribution is 5.85. The lowest BCUT2D eigenvalue weighted by molar-refractivity contribution is -0.162. The van der Waals surface area contributed by atoms with E-state index in [0.29, 0.717) is 0 Å². The van der Waals surface area contributed by atoms with Gasteiger partial charge in [0.25, 0.3) is 0 Å². The predicted octanol–water partition coefficient (Wildman–Crippen LogP) is 0.827. The SMILES string of the molecule is CCC(C)(C)OC(=O)N[C@H]1COC1=O. The number of nitrogens with one attached hydrogen (secondary N) is 1. The molecule has 1 N–H and O–H groups in total. The minimum atomic E-state index is -0.571. The smallest absolute Gasteiger partial charge is 0.408 e. The van der Waals surface area contributed by atoms with Crippen LogP contribution in [0.1, 0.15) is 27.2 Å². The molecule has 5 nitrogen and oxygen atoms in total. The van der Waals surface area contributed by atoms with Gasteiger partial charge in [-0.05, 0) is 20.3 Å². The number of cyclic esters (lactones) is 1. The van der Waals surface area contributed by atoms with E-state index in [0.717, 1.165) is 6.42 Å². The number of carbonyl (C=O) groups excluding carboxylic acids is 2. The van der Waals surface area contributed by atoms with Crippen molar-refractivity contribution in [2.75, 3.05) is 6.61 Å². The summed E-state index contributed by atoms with van der Waals surface area (Å²) in [6.45, 7) is 5.78. The molecule has 0 radical (unpaired) electrons. The van der Waals surface area contributed by atoms with E-state index in [4.69, 9.17) is 4.74 Å². The van der Waals surface area contributed by atoms with Gasteiger partial charge >= 0.3 is 12.1 Å². The van der Waals surface area contributed by atoms with E-state index in [9.17, 15) is 9.59 Å². The fourth-order valence-electron chi connectivity index (χ4n) is 0.830. The van der Waals surface area contributed by atoms with E-state index in [1.165, 1.54) is 0 Å². The molecule has 1 heterocycles. The third-order valence-electron chi connectivity index (χ3n) is 2.19. The Kier molecular flexibility index (Phi) is 2.98. The van der Waals surface area contributed by atoms with E-state index in [1.807, 2.05) is 20.8 Å². The van der Waals surface area contributed by atoms with Gasteiger partial charge in [-0.3, -0.25) is 0 Å². The quantitative estimate of drug-likeness (QED) is 0.687. The van der Waals surface area contributed by atoms with Gasteiger partial charge < -0.3 is 14.8 Å². The molecular weight excluding hydrogens is 186 g/mol. The Balaban J connectivity index is 2.32. The van der Waals surface area contributed by atoms with Crippen LogP contribution in [0.2, 0.25) is 0 Å². The normalized spacial score (nSPS) is 20.8. The maximum atomic E-state index is 11.2. The van der Waals surface area contributed by atoms with Crippen molar-refractivity contribution in [1.29, 1.82) is 0 Å². The molecule has 1 fully saturated rings. The molecule has 1 aliphatic heterocycles. The van der Waals surface area contributed by atoms with E-state index in [2.05, 4.69) is 10.1 Å². The first-order chi connectivity index (χ1) is 6.44. The molecule has 0 saturated carbocycles. The second-order valence-corrected chi connectivity index (χ2v) is 3.83. The van der Waals surface area contributed by atoms with Gasteiger partial charge in [0, 0.05) is 0 Å². The predicted molar refractivity (Wildman–Crippen MR) is 48.7 cm³/mol. The second kappa shape index (κ2) is 3.86. The maximum Gasteiger partial charge on any atom is 0.408 e. The Hall–Kier alpha value is -1.26. The van der Waals surface area contributed by atoms with Crippen molar-refractivity contribution in [3.8, 4) is 0 Å². The van der Waals surface area contributed by atoms with Crippen molar-refractivity contribution < 1.29 is 19.1 Å². The number of hydrogen-bond acceptors (Lipinski definition) is 4. The topological polar surface area (TPSA) is 64.6 Å². The van der Waals surface area contributed by atoms with Crippen LogP contribution in [-0.2, 0) is 14.3 Å². The van der Waals surface area contributed by atoms with Crippen LogP contribution in [0.15, 0.2) is 0 Å². The number of rotatable bonds is 3.